The maximum atomic E-state index is 9.15. The Morgan fingerprint density at radius 3 is 2.94 bits per heavy atom. The molecule has 2 rings (SSSR count). The van der Waals surface area contributed by atoms with E-state index in [-0.39, 0.29) is 6.04 Å². The van der Waals surface area contributed by atoms with Crippen LogP contribution in [-0.2, 0) is 0 Å². The molecule has 0 radical (unpaired) electrons. The zero-order valence-electron chi connectivity index (χ0n) is 10.1. The zero-order chi connectivity index (χ0) is 13.0. The van der Waals surface area contributed by atoms with Crippen LogP contribution in [0.2, 0.25) is 0 Å². The van der Waals surface area contributed by atoms with Gasteiger partial charge in [-0.05, 0) is 19.1 Å². The van der Waals surface area contributed by atoms with Crippen molar-refractivity contribution in [3.05, 3.63) is 35.9 Å². The first kappa shape index (κ1) is 12.0. The molecule has 88 valence electrons. The van der Waals surface area contributed by atoms with Gasteiger partial charge in [0.2, 0.25) is 0 Å². The predicted molar refractivity (Wildman–Crippen MR) is 73.0 cm³/mol. The Kier molecular flexibility index (Phi) is 3.46. The summed E-state index contributed by atoms with van der Waals surface area (Å²) in [6, 6.07) is 11.8. The Bertz CT molecular complexity index is 647. The van der Waals surface area contributed by atoms with Crippen molar-refractivity contribution in [1.82, 2.24) is 4.98 Å². The molecule has 0 fully saturated rings. The number of terminal acetylenes is 1. The summed E-state index contributed by atoms with van der Waals surface area (Å²) in [7, 11) is 0. The average Bonchev–Trinajstić information content (AvgIpc) is 2.38. The fraction of sp³-hybridized carbons (Fsp3) is 0.200. The van der Waals surface area contributed by atoms with E-state index in [1.165, 1.54) is 0 Å². The van der Waals surface area contributed by atoms with E-state index in [1.54, 1.807) is 0 Å². The molecule has 3 heteroatoms. The number of nitrogens with one attached hydrogen (secondary N) is 1. The molecule has 3 nitrogen and oxygen atoms in total. The molecule has 1 aromatic carbocycles. The number of hydrogen-bond acceptors (Lipinski definition) is 3. The Morgan fingerprint density at radius 1 is 1.44 bits per heavy atom. The van der Waals surface area contributed by atoms with Crippen LogP contribution in [0.1, 0.15) is 18.9 Å². The largest absolute Gasteiger partial charge is 0.366 e. The molecule has 0 aliphatic rings. The van der Waals surface area contributed by atoms with E-state index < -0.39 is 0 Å². The lowest BCUT2D eigenvalue weighted by molar-refractivity contribution is 0.822. The second-order valence-electron chi connectivity index (χ2n) is 4.14. The van der Waals surface area contributed by atoms with E-state index in [4.69, 9.17) is 11.7 Å². The number of para-hydroxylation sites is 1. The Morgan fingerprint density at radius 2 is 2.22 bits per heavy atom. The van der Waals surface area contributed by atoms with Gasteiger partial charge >= 0.3 is 0 Å². The van der Waals surface area contributed by atoms with Gasteiger partial charge in [0, 0.05) is 17.8 Å². The molecule has 0 aliphatic heterocycles. The summed E-state index contributed by atoms with van der Waals surface area (Å²) in [4.78, 5) is 4.47. The summed E-state index contributed by atoms with van der Waals surface area (Å²) in [6.45, 7) is 1.97. The molecule has 1 aromatic heterocycles. The number of anilines is 1. The van der Waals surface area contributed by atoms with Crippen molar-refractivity contribution in [3.8, 4) is 18.4 Å². The zero-order valence-corrected chi connectivity index (χ0v) is 10.1. The lowest BCUT2D eigenvalue weighted by Crippen LogP contribution is -2.16. The molecule has 2 aromatic rings. The maximum Gasteiger partial charge on any atom is 0.144 e. The van der Waals surface area contributed by atoms with Gasteiger partial charge in [0.05, 0.1) is 11.1 Å². The van der Waals surface area contributed by atoms with Crippen LogP contribution in [0.5, 0.6) is 0 Å². The fourth-order valence-corrected chi connectivity index (χ4v) is 1.77. The number of aromatic nitrogens is 1. The summed E-state index contributed by atoms with van der Waals surface area (Å²) >= 11 is 0. The Balaban J connectivity index is 2.43. The molecule has 0 bridgehead atoms. The number of benzene rings is 1. The van der Waals surface area contributed by atoms with Crippen molar-refractivity contribution < 1.29 is 0 Å². The lowest BCUT2D eigenvalue weighted by Gasteiger charge is -2.13. The first-order valence-electron chi connectivity index (χ1n) is 5.74. The van der Waals surface area contributed by atoms with Crippen molar-refractivity contribution in [3.63, 3.8) is 0 Å². The van der Waals surface area contributed by atoms with E-state index >= 15 is 0 Å². The highest BCUT2D eigenvalue weighted by Crippen LogP contribution is 2.20. The van der Waals surface area contributed by atoms with Crippen LogP contribution in [0.4, 0.5) is 5.82 Å². The summed E-state index contributed by atoms with van der Waals surface area (Å²) in [5.41, 5.74) is 1.41. The predicted octanol–water partition coefficient (Wildman–Crippen LogP) is 2.93. The minimum Gasteiger partial charge on any atom is -0.366 e. The average molecular weight is 235 g/mol. The molecule has 1 heterocycles. The topological polar surface area (TPSA) is 48.7 Å². The van der Waals surface area contributed by atoms with E-state index in [0.29, 0.717) is 17.8 Å². The standard InChI is InChI=1S/C15H13N3/c1-3-6-11(2)17-15-13(10-16)9-12-7-4-5-8-14(12)18-15/h1,4-5,7-9,11H,6H2,2H3,(H,17,18). The Hall–Kier alpha value is -2.52. The third-order valence-electron chi connectivity index (χ3n) is 2.65. The van der Waals surface area contributed by atoms with Crippen LogP contribution in [0.3, 0.4) is 0 Å². The van der Waals surface area contributed by atoms with E-state index in [2.05, 4.69) is 22.3 Å². The van der Waals surface area contributed by atoms with Crippen molar-refractivity contribution >= 4 is 16.7 Å². The fourth-order valence-electron chi connectivity index (χ4n) is 1.77. The van der Waals surface area contributed by atoms with Crippen molar-refractivity contribution in [2.24, 2.45) is 0 Å². The van der Waals surface area contributed by atoms with E-state index in [9.17, 15) is 0 Å². The quantitative estimate of drug-likeness (QED) is 0.832. The SMILES string of the molecule is C#CCC(C)Nc1nc2ccccc2cc1C#N. The normalized spacial score (nSPS) is 11.5. The van der Waals surface area contributed by atoms with Crippen LogP contribution in [0, 0.1) is 23.7 Å². The van der Waals surface area contributed by atoms with Crippen LogP contribution in [-0.4, -0.2) is 11.0 Å². The van der Waals surface area contributed by atoms with Crippen LogP contribution < -0.4 is 5.32 Å². The second kappa shape index (κ2) is 5.21. The minimum absolute atomic E-state index is 0.0933. The monoisotopic (exact) mass is 235 g/mol. The van der Waals surface area contributed by atoms with Gasteiger partial charge in [0.1, 0.15) is 11.9 Å². The summed E-state index contributed by atoms with van der Waals surface area (Å²) < 4.78 is 0. The van der Waals surface area contributed by atoms with Crippen molar-refractivity contribution in [1.29, 1.82) is 5.26 Å². The molecule has 1 N–H and O–H groups in total. The second-order valence-corrected chi connectivity index (χ2v) is 4.14. The summed E-state index contributed by atoms with van der Waals surface area (Å²) in [6.07, 6.45) is 5.87. The van der Waals surface area contributed by atoms with Gasteiger partial charge in [-0.2, -0.15) is 5.26 Å². The molecule has 0 saturated carbocycles. The first-order chi connectivity index (χ1) is 8.74. The molecule has 18 heavy (non-hydrogen) atoms. The number of hydrogen-bond donors (Lipinski definition) is 1. The molecular formula is C15H13N3. The van der Waals surface area contributed by atoms with Crippen molar-refractivity contribution in [2.75, 3.05) is 5.32 Å². The lowest BCUT2D eigenvalue weighted by atomic mass is 10.1. The Labute approximate surface area is 106 Å². The molecule has 0 spiro atoms. The summed E-state index contributed by atoms with van der Waals surface area (Å²) in [5.74, 6) is 3.19. The molecular weight excluding hydrogens is 222 g/mol. The third kappa shape index (κ3) is 2.42. The smallest absolute Gasteiger partial charge is 0.144 e. The molecule has 0 aliphatic carbocycles. The number of rotatable bonds is 3. The van der Waals surface area contributed by atoms with Gasteiger partial charge in [0.15, 0.2) is 0 Å². The van der Waals surface area contributed by atoms with Crippen LogP contribution in [0.25, 0.3) is 10.9 Å². The van der Waals surface area contributed by atoms with Gasteiger partial charge in [-0.3, -0.25) is 0 Å². The van der Waals surface area contributed by atoms with Gasteiger partial charge in [-0.15, -0.1) is 12.3 Å². The highest BCUT2D eigenvalue weighted by molar-refractivity contribution is 5.82. The number of pyridine rings is 1. The van der Waals surface area contributed by atoms with Crippen LogP contribution in [0.15, 0.2) is 30.3 Å². The first-order valence-corrected chi connectivity index (χ1v) is 5.74. The van der Waals surface area contributed by atoms with Gasteiger partial charge in [0.25, 0.3) is 0 Å². The number of fused-ring (bicyclic) bond motifs is 1. The van der Waals surface area contributed by atoms with Gasteiger partial charge in [-0.1, -0.05) is 18.2 Å². The molecule has 0 amide bonds. The minimum atomic E-state index is 0.0933. The number of nitrogens with zero attached hydrogens (tertiary/aromatic N) is 2. The van der Waals surface area contributed by atoms with E-state index in [0.717, 1.165) is 10.9 Å². The van der Waals surface area contributed by atoms with Gasteiger partial charge in [-0.25, -0.2) is 4.98 Å². The summed E-state index contributed by atoms with van der Waals surface area (Å²) in [5, 5.41) is 13.3. The van der Waals surface area contributed by atoms with E-state index in [1.807, 2.05) is 37.3 Å². The highest BCUT2D eigenvalue weighted by atomic mass is 15.0. The third-order valence-corrected chi connectivity index (χ3v) is 2.65. The molecule has 0 saturated heterocycles. The van der Waals surface area contributed by atoms with Crippen LogP contribution >= 0.6 is 0 Å². The molecule has 1 atom stereocenters. The van der Waals surface area contributed by atoms with Gasteiger partial charge < -0.3 is 5.32 Å². The maximum absolute atomic E-state index is 9.15. The highest BCUT2D eigenvalue weighted by Gasteiger charge is 2.08. The number of nitriles is 1. The molecule has 1 unspecified atom stereocenters. The van der Waals surface area contributed by atoms with Crippen molar-refractivity contribution in [2.45, 2.75) is 19.4 Å².